The maximum Gasteiger partial charge on any atom is 0.254 e. The molecule has 1 aromatic carbocycles. The van der Waals surface area contributed by atoms with Crippen LogP contribution in [0, 0.1) is 6.92 Å². The minimum absolute atomic E-state index is 0.192. The van der Waals surface area contributed by atoms with E-state index in [-0.39, 0.29) is 5.91 Å². The molecule has 1 amide bonds. The van der Waals surface area contributed by atoms with Gasteiger partial charge in [0.25, 0.3) is 5.91 Å². The summed E-state index contributed by atoms with van der Waals surface area (Å²) in [6, 6.07) is 11.9. The number of aryl methyl sites for hydroxylation is 1. The third-order valence-corrected chi connectivity index (χ3v) is 3.65. The number of carbonyl (C=O) groups excluding carboxylic acids is 1. The van der Waals surface area contributed by atoms with Crippen LogP contribution < -0.4 is 10.6 Å². The predicted molar refractivity (Wildman–Crippen MR) is 95.9 cm³/mol. The van der Waals surface area contributed by atoms with Crippen molar-refractivity contribution in [2.24, 2.45) is 0 Å². The van der Waals surface area contributed by atoms with E-state index >= 15 is 0 Å². The molecule has 3 aromatic rings. The highest BCUT2D eigenvalue weighted by atomic mass is 16.1. The van der Waals surface area contributed by atoms with E-state index in [2.05, 4.69) is 25.6 Å². The van der Waals surface area contributed by atoms with Gasteiger partial charge in [0, 0.05) is 37.9 Å². The Morgan fingerprint density at radius 2 is 1.76 bits per heavy atom. The zero-order valence-corrected chi connectivity index (χ0v) is 13.9. The fourth-order valence-corrected chi connectivity index (χ4v) is 2.32. The first-order valence-electron chi connectivity index (χ1n) is 7.99. The van der Waals surface area contributed by atoms with Crippen molar-refractivity contribution >= 4 is 11.9 Å². The number of nitrogens with zero attached hydrogens (tertiary/aromatic N) is 3. The molecule has 3 rings (SSSR count). The van der Waals surface area contributed by atoms with E-state index in [1.165, 1.54) is 18.0 Å². The van der Waals surface area contributed by atoms with Gasteiger partial charge in [0.2, 0.25) is 5.95 Å². The molecule has 6 heteroatoms. The molecule has 0 unspecified atom stereocenters. The molecule has 2 aromatic heterocycles. The van der Waals surface area contributed by atoms with Crippen LogP contribution in [0.25, 0.3) is 0 Å². The number of benzene rings is 1. The zero-order valence-electron chi connectivity index (χ0n) is 13.9. The third kappa shape index (κ3) is 4.84. The van der Waals surface area contributed by atoms with Crippen LogP contribution >= 0.6 is 0 Å². The minimum Gasteiger partial charge on any atom is -0.350 e. The molecule has 126 valence electrons. The number of hydrogen-bond acceptors (Lipinski definition) is 5. The fourth-order valence-electron chi connectivity index (χ4n) is 2.32. The van der Waals surface area contributed by atoms with Crippen molar-refractivity contribution in [2.45, 2.75) is 20.0 Å². The van der Waals surface area contributed by atoms with Gasteiger partial charge in [-0.15, -0.1) is 0 Å². The molecule has 0 aliphatic rings. The van der Waals surface area contributed by atoms with Gasteiger partial charge in [0.15, 0.2) is 0 Å². The van der Waals surface area contributed by atoms with Gasteiger partial charge in [-0.25, -0.2) is 9.97 Å². The maximum absolute atomic E-state index is 12.2. The molecule has 0 aliphatic carbocycles. The number of rotatable bonds is 6. The molecule has 2 heterocycles. The third-order valence-electron chi connectivity index (χ3n) is 3.65. The summed E-state index contributed by atoms with van der Waals surface area (Å²) in [4.78, 5) is 24.5. The van der Waals surface area contributed by atoms with Crippen LogP contribution in [-0.4, -0.2) is 20.9 Å². The standard InChI is InChI=1S/C19H19N5O/c1-14-3-2-4-16(9-14)11-21-18(25)17-12-23-19(24-13-17)22-10-15-5-7-20-8-6-15/h2-9,12-13H,10-11H2,1H3,(H,21,25)(H,22,23,24). The van der Waals surface area contributed by atoms with Gasteiger partial charge in [-0.1, -0.05) is 29.8 Å². The van der Waals surface area contributed by atoms with E-state index < -0.39 is 0 Å². The molecule has 0 saturated heterocycles. The van der Waals surface area contributed by atoms with Crippen LogP contribution in [0.4, 0.5) is 5.95 Å². The number of nitrogens with one attached hydrogen (secondary N) is 2. The number of amides is 1. The SMILES string of the molecule is Cc1cccc(CNC(=O)c2cnc(NCc3ccncc3)nc2)c1. The Hall–Kier alpha value is -3.28. The molecule has 0 bridgehead atoms. The largest absolute Gasteiger partial charge is 0.350 e. The Morgan fingerprint density at radius 3 is 2.48 bits per heavy atom. The molecule has 0 saturated carbocycles. The number of hydrogen-bond donors (Lipinski definition) is 2. The molecular weight excluding hydrogens is 314 g/mol. The second-order valence-electron chi connectivity index (χ2n) is 5.68. The molecule has 0 spiro atoms. The van der Waals surface area contributed by atoms with Crippen molar-refractivity contribution < 1.29 is 4.79 Å². The van der Waals surface area contributed by atoms with Crippen molar-refractivity contribution in [1.82, 2.24) is 20.3 Å². The van der Waals surface area contributed by atoms with Crippen LogP contribution in [-0.2, 0) is 13.1 Å². The Kier molecular flexibility index (Phi) is 5.31. The van der Waals surface area contributed by atoms with Gasteiger partial charge < -0.3 is 10.6 Å². The van der Waals surface area contributed by atoms with Crippen LogP contribution in [0.1, 0.15) is 27.0 Å². The van der Waals surface area contributed by atoms with Gasteiger partial charge >= 0.3 is 0 Å². The first-order valence-corrected chi connectivity index (χ1v) is 7.99. The van der Waals surface area contributed by atoms with Gasteiger partial charge in [-0.2, -0.15) is 0 Å². The quantitative estimate of drug-likeness (QED) is 0.725. The monoisotopic (exact) mass is 333 g/mol. The fraction of sp³-hybridized carbons (Fsp3) is 0.158. The summed E-state index contributed by atoms with van der Waals surface area (Å²) in [5, 5.41) is 5.98. The lowest BCUT2D eigenvalue weighted by molar-refractivity contribution is 0.0950. The second-order valence-corrected chi connectivity index (χ2v) is 5.68. The van der Waals surface area contributed by atoms with Crippen LogP contribution in [0.5, 0.6) is 0 Å². The lowest BCUT2D eigenvalue weighted by Crippen LogP contribution is -2.23. The van der Waals surface area contributed by atoms with Crippen LogP contribution in [0.3, 0.4) is 0 Å². The smallest absolute Gasteiger partial charge is 0.254 e. The second kappa shape index (κ2) is 8.01. The molecule has 0 atom stereocenters. The van der Waals surface area contributed by atoms with E-state index in [4.69, 9.17) is 0 Å². The summed E-state index contributed by atoms with van der Waals surface area (Å²) in [6.07, 6.45) is 6.51. The van der Waals surface area contributed by atoms with E-state index in [0.717, 1.165) is 11.1 Å². The Bertz CT molecular complexity index is 834. The molecule has 2 N–H and O–H groups in total. The first kappa shape index (κ1) is 16.6. The highest BCUT2D eigenvalue weighted by Crippen LogP contribution is 2.06. The summed E-state index contributed by atoms with van der Waals surface area (Å²) < 4.78 is 0. The van der Waals surface area contributed by atoms with Crippen LogP contribution in [0.15, 0.2) is 61.2 Å². The van der Waals surface area contributed by atoms with Gasteiger partial charge in [0.1, 0.15) is 0 Å². The average Bonchev–Trinajstić information content (AvgIpc) is 2.66. The molecule has 6 nitrogen and oxygen atoms in total. The van der Waals surface area contributed by atoms with Crippen LogP contribution in [0.2, 0.25) is 0 Å². The highest BCUT2D eigenvalue weighted by Gasteiger charge is 2.07. The normalized spacial score (nSPS) is 10.3. The predicted octanol–water partition coefficient (Wildman–Crippen LogP) is 2.72. The molecule has 0 aliphatic heterocycles. The topological polar surface area (TPSA) is 79.8 Å². The summed E-state index contributed by atoms with van der Waals surface area (Å²) >= 11 is 0. The number of aromatic nitrogens is 3. The first-order chi connectivity index (χ1) is 12.2. The van der Waals surface area contributed by atoms with Crippen molar-refractivity contribution in [3.05, 3.63) is 83.4 Å². The van der Waals surface area contributed by atoms with E-state index in [9.17, 15) is 4.79 Å². The van der Waals surface area contributed by atoms with E-state index in [1.807, 2.05) is 43.3 Å². The number of carbonyl (C=O) groups is 1. The highest BCUT2D eigenvalue weighted by molar-refractivity contribution is 5.93. The minimum atomic E-state index is -0.192. The molecule has 25 heavy (non-hydrogen) atoms. The average molecular weight is 333 g/mol. The Morgan fingerprint density at radius 1 is 1.00 bits per heavy atom. The number of anilines is 1. The lowest BCUT2D eigenvalue weighted by atomic mass is 10.1. The van der Waals surface area contributed by atoms with Gasteiger partial charge in [-0.3, -0.25) is 9.78 Å². The molecule has 0 fully saturated rings. The number of pyridine rings is 1. The maximum atomic E-state index is 12.2. The van der Waals surface area contributed by atoms with Gasteiger partial charge in [0.05, 0.1) is 5.56 Å². The summed E-state index contributed by atoms with van der Waals surface area (Å²) in [6.45, 7) is 3.10. The Labute approximate surface area is 146 Å². The van der Waals surface area contributed by atoms with Crippen molar-refractivity contribution in [2.75, 3.05) is 5.32 Å². The summed E-state index contributed by atoms with van der Waals surface area (Å²) in [5.74, 6) is 0.286. The van der Waals surface area contributed by atoms with Crippen molar-refractivity contribution in [3.63, 3.8) is 0 Å². The lowest BCUT2D eigenvalue weighted by Gasteiger charge is -2.07. The van der Waals surface area contributed by atoms with E-state index in [1.54, 1.807) is 12.4 Å². The van der Waals surface area contributed by atoms with Gasteiger partial charge in [-0.05, 0) is 30.2 Å². The zero-order chi connectivity index (χ0) is 17.5. The van der Waals surface area contributed by atoms with E-state index in [0.29, 0.717) is 24.6 Å². The van der Waals surface area contributed by atoms with Crippen molar-refractivity contribution in [1.29, 1.82) is 0 Å². The molecule has 0 radical (unpaired) electrons. The summed E-state index contributed by atoms with van der Waals surface area (Å²) in [7, 11) is 0. The Balaban J connectivity index is 1.53. The summed E-state index contributed by atoms with van der Waals surface area (Å²) in [5.41, 5.74) is 3.74. The molecular formula is C19H19N5O. The van der Waals surface area contributed by atoms with Crippen molar-refractivity contribution in [3.8, 4) is 0 Å².